The van der Waals surface area contributed by atoms with Crippen molar-refractivity contribution < 1.29 is 4.79 Å². The minimum atomic E-state index is 0.179. The van der Waals surface area contributed by atoms with Crippen molar-refractivity contribution in [2.75, 3.05) is 26.7 Å². The standard InChI is InChI=1S/C15H22N2O/c1-12-3-5-14(6-4-12)15(18)17-9-7-13(8-10-17)11-16-2/h3-6,13,16H,7-11H2,1-2H3. The topological polar surface area (TPSA) is 32.3 Å². The predicted molar refractivity (Wildman–Crippen MR) is 73.7 cm³/mol. The first-order valence-electron chi connectivity index (χ1n) is 6.71. The molecule has 98 valence electrons. The van der Waals surface area contributed by atoms with E-state index in [1.165, 1.54) is 5.56 Å². The molecule has 1 aromatic rings. The lowest BCUT2D eigenvalue weighted by Crippen LogP contribution is -2.40. The van der Waals surface area contributed by atoms with Gasteiger partial charge in [-0.1, -0.05) is 17.7 Å². The van der Waals surface area contributed by atoms with Gasteiger partial charge in [0.1, 0.15) is 0 Å². The molecule has 1 saturated heterocycles. The molecule has 2 rings (SSSR count). The lowest BCUT2D eigenvalue weighted by atomic mass is 9.96. The number of hydrogen-bond donors (Lipinski definition) is 1. The van der Waals surface area contributed by atoms with Crippen molar-refractivity contribution in [2.24, 2.45) is 5.92 Å². The van der Waals surface area contributed by atoms with Crippen LogP contribution in [-0.2, 0) is 0 Å². The highest BCUT2D eigenvalue weighted by molar-refractivity contribution is 5.94. The van der Waals surface area contributed by atoms with Crippen LogP contribution in [0, 0.1) is 12.8 Å². The molecule has 1 fully saturated rings. The molecule has 1 aromatic carbocycles. The Hall–Kier alpha value is -1.35. The predicted octanol–water partition coefficient (Wildman–Crippen LogP) is 2.07. The largest absolute Gasteiger partial charge is 0.339 e. The summed E-state index contributed by atoms with van der Waals surface area (Å²) >= 11 is 0. The van der Waals surface area contributed by atoms with Crippen molar-refractivity contribution >= 4 is 5.91 Å². The second-order valence-corrected chi connectivity index (χ2v) is 5.16. The first-order chi connectivity index (χ1) is 8.70. The Balaban J connectivity index is 1.93. The van der Waals surface area contributed by atoms with E-state index >= 15 is 0 Å². The second kappa shape index (κ2) is 6.01. The third-order valence-electron chi connectivity index (χ3n) is 3.69. The molecule has 1 aliphatic rings. The molecule has 0 radical (unpaired) electrons. The summed E-state index contributed by atoms with van der Waals surface area (Å²) in [6.07, 6.45) is 2.22. The van der Waals surface area contributed by atoms with E-state index in [0.29, 0.717) is 0 Å². The van der Waals surface area contributed by atoms with Crippen molar-refractivity contribution in [2.45, 2.75) is 19.8 Å². The van der Waals surface area contributed by atoms with Crippen molar-refractivity contribution in [3.8, 4) is 0 Å². The van der Waals surface area contributed by atoms with E-state index < -0.39 is 0 Å². The first kappa shape index (κ1) is 13.1. The van der Waals surface area contributed by atoms with Gasteiger partial charge in [-0.25, -0.2) is 0 Å². The third-order valence-corrected chi connectivity index (χ3v) is 3.69. The Kier molecular flexibility index (Phi) is 4.37. The van der Waals surface area contributed by atoms with E-state index in [1.807, 2.05) is 43.1 Å². The zero-order valence-electron chi connectivity index (χ0n) is 11.3. The fraction of sp³-hybridized carbons (Fsp3) is 0.533. The summed E-state index contributed by atoms with van der Waals surface area (Å²) in [6, 6.07) is 7.86. The van der Waals surface area contributed by atoms with Gasteiger partial charge in [0.15, 0.2) is 0 Å². The van der Waals surface area contributed by atoms with Gasteiger partial charge in [-0.2, -0.15) is 0 Å². The van der Waals surface area contributed by atoms with E-state index in [4.69, 9.17) is 0 Å². The molecule has 1 amide bonds. The molecule has 0 spiro atoms. The normalized spacial score (nSPS) is 16.9. The minimum absolute atomic E-state index is 0.179. The SMILES string of the molecule is CNCC1CCN(C(=O)c2ccc(C)cc2)CC1. The van der Waals surface area contributed by atoms with Crippen LogP contribution < -0.4 is 5.32 Å². The summed E-state index contributed by atoms with van der Waals surface area (Å²) in [4.78, 5) is 14.3. The van der Waals surface area contributed by atoms with Crippen LogP contribution >= 0.6 is 0 Å². The van der Waals surface area contributed by atoms with Crippen molar-refractivity contribution in [1.82, 2.24) is 10.2 Å². The molecule has 0 atom stereocenters. The monoisotopic (exact) mass is 246 g/mol. The molecular formula is C15H22N2O. The number of carbonyl (C=O) groups is 1. The zero-order valence-corrected chi connectivity index (χ0v) is 11.3. The molecule has 1 aliphatic heterocycles. The van der Waals surface area contributed by atoms with Gasteiger partial charge < -0.3 is 10.2 Å². The van der Waals surface area contributed by atoms with Gasteiger partial charge in [0, 0.05) is 18.7 Å². The summed E-state index contributed by atoms with van der Waals surface area (Å²) in [5.74, 6) is 0.898. The number of piperidine rings is 1. The Morgan fingerprint density at radius 1 is 1.28 bits per heavy atom. The van der Waals surface area contributed by atoms with Crippen LogP contribution in [0.3, 0.4) is 0 Å². The number of hydrogen-bond acceptors (Lipinski definition) is 2. The smallest absolute Gasteiger partial charge is 0.253 e. The average molecular weight is 246 g/mol. The lowest BCUT2D eigenvalue weighted by molar-refractivity contribution is 0.0691. The Morgan fingerprint density at radius 2 is 1.89 bits per heavy atom. The van der Waals surface area contributed by atoms with Crippen molar-refractivity contribution in [3.05, 3.63) is 35.4 Å². The van der Waals surface area contributed by atoms with Gasteiger partial charge in [0.2, 0.25) is 0 Å². The van der Waals surface area contributed by atoms with E-state index in [9.17, 15) is 4.79 Å². The fourth-order valence-corrected chi connectivity index (χ4v) is 2.51. The molecule has 0 aliphatic carbocycles. The Bertz CT molecular complexity index is 391. The molecule has 0 saturated carbocycles. The van der Waals surface area contributed by atoms with E-state index in [-0.39, 0.29) is 5.91 Å². The summed E-state index contributed by atoms with van der Waals surface area (Å²) in [6.45, 7) is 4.88. The van der Waals surface area contributed by atoms with Crippen LogP contribution in [0.25, 0.3) is 0 Å². The van der Waals surface area contributed by atoms with Crippen LogP contribution in [0.1, 0.15) is 28.8 Å². The maximum Gasteiger partial charge on any atom is 0.253 e. The molecule has 0 aromatic heterocycles. The zero-order chi connectivity index (χ0) is 13.0. The molecule has 3 heteroatoms. The minimum Gasteiger partial charge on any atom is -0.339 e. The molecule has 18 heavy (non-hydrogen) atoms. The molecule has 3 nitrogen and oxygen atoms in total. The number of aryl methyl sites for hydroxylation is 1. The van der Waals surface area contributed by atoms with Gasteiger partial charge in [0.25, 0.3) is 5.91 Å². The number of nitrogens with zero attached hydrogens (tertiary/aromatic N) is 1. The number of nitrogens with one attached hydrogen (secondary N) is 1. The molecule has 1 N–H and O–H groups in total. The highest BCUT2D eigenvalue weighted by atomic mass is 16.2. The fourth-order valence-electron chi connectivity index (χ4n) is 2.51. The van der Waals surface area contributed by atoms with Crippen LogP contribution in [0.5, 0.6) is 0 Å². The van der Waals surface area contributed by atoms with Gasteiger partial charge in [0.05, 0.1) is 0 Å². The first-order valence-corrected chi connectivity index (χ1v) is 6.71. The number of likely N-dealkylation sites (tertiary alicyclic amines) is 1. The second-order valence-electron chi connectivity index (χ2n) is 5.16. The molecular weight excluding hydrogens is 224 g/mol. The summed E-state index contributed by atoms with van der Waals surface area (Å²) in [5, 5.41) is 3.22. The van der Waals surface area contributed by atoms with Crippen molar-refractivity contribution in [1.29, 1.82) is 0 Å². The van der Waals surface area contributed by atoms with E-state index in [2.05, 4.69) is 5.32 Å². The maximum atomic E-state index is 12.3. The van der Waals surface area contributed by atoms with Crippen LogP contribution in [0.4, 0.5) is 0 Å². The van der Waals surface area contributed by atoms with Crippen LogP contribution in [0.15, 0.2) is 24.3 Å². The molecule has 0 unspecified atom stereocenters. The molecule has 1 heterocycles. The van der Waals surface area contributed by atoms with E-state index in [0.717, 1.165) is 44.0 Å². The lowest BCUT2D eigenvalue weighted by Gasteiger charge is -2.32. The van der Waals surface area contributed by atoms with Crippen LogP contribution in [-0.4, -0.2) is 37.5 Å². The van der Waals surface area contributed by atoms with Gasteiger partial charge in [-0.15, -0.1) is 0 Å². The Morgan fingerprint density at radius 3 is 2.44 bits per heavy atom. The summed E-state index contributed by atoms with van der Waals surface area (Å²) in [7, 11) is 1.99. The summed E-state index contributed by atoms with van der Waals surface area (Å²) < 4.78 is 0. The van der Waals surface area contributed by atoms with Gasteiger partial charge in [-0.3, -0.25) is 4.79 Å². The highest BCUT2D eigenvalue weighted by Crippen LogP contribution is 2.18. The Labute approximate surface area is 109 Å². The quantitative estimate of drug-likeness (QED) is 0.885. The number of rotatable bonds is 3. The maximum absolute atomic E-state index is 12.3. The van der Waals surface area contributed by atoms with Crippen molar-refractivity contribution in [3.63, 3.8) is 0 Å². The third kappa shape index (κ3) is 3.10. The summed E-state index contributed by atoms with van der Waals surface area (Å²) in [5.41, 5.74) is 2.01. The van der Waals surface area contributed by atoms with E-state index in [1.54, 1.807) is 0 Å². The van der Waals surface area contributed by atoms with Gasteiger partial charge in [-0.05, 0) is 51.4 Å². The number of carbonyl (C=O) groups excluding carboxylic acids is 1. The molecule has 0 bridgehead atoms. The number of benzene rings is 1. The van der Waals surface area contributed by atoms with Crippen LogP contribution in [0.2, 0.25) is 0 Å². The highest BCUT2D eigenvalue weighted by Gasteiger charge is 2.22. The number of amides is 1. The average Bonchev–Trinajstić information content (AvgIpc) is 2.40. The van der Waals surface area contributed by atoms with Gasteiger partial charge >= 0.3 is 0 Å².